The van der Waals surface area contributed by atoms with E-state index >= 15 is 0 Å². The van der Waals surface area contributed by atoms with Crippen LogP contribution in [0.25, 0.3) is 0 Å². The van der Waals surface area contributed by atoms with Crippen molar-refractivity contribution in [3.8, 4) is 11.5 Å². The third kappa shape index (κ3) is 8.21. The normalized spacial score (nSPS) is 10.8. The number of carbonyl (C=O) groups is 1. The first kappa shape index (κ1) is 27.0. The summed E-state index contributed by atoms with van der Waals surface area (Å²) in [6.45, 7) is 3.50. The summed E-state index contributed by atoms with van der Waals surface area (Å²) in [7, 11) is 8.70. The number of ether oxygens (including phenoxy) is 2. The van der Waals surface area contributed by atoms with Gasteiger partial charge in [-0.05, 0) is 48.1 Å². The summed E-state index contributed by atoms with van der Waals surface area (Å²) < 4.78 is 10.8. The van der Waals surface area contributed by atoms with Crippen LogP contribution in [0.1, 0.15) is 16.0 Å². The van der Waals surface area contributed by atoms with E-state index in [1.54, 1.807) is 44.6 Å². The predicted molar refractivity (Wildman–Crippen MR) is 138 cm³/mol. The highest BCUT2D eigenvalue weighted by Crippen LogP contribution is 2.30. The number of rotatable bonds is 9. The molecule has 1 aromatic carbocycles. The van der Waals surface area contributed by atoms with Crippen molar-refractivity contribution in [3.05, 3.63) is 45.6 Å². The molecule has 1 N–H and O–H groups in total. The minimum Gasteiger partial charge on any atom is -0.493 e. The lowest BCUT2D eigenvalue weighted by molar-refractivity contribution is -0.127. The summed E-state index contributed by atoms with van der Waals surface area (Å²) >= 11 is 1.74. The Morgan fingerprint density at radius 3 is 2.42 bits per heavy atom. The highest BCUT2D eigenvalue weighted by atomic mass is 127. The molecule has 7 nitrogen and oxygen atoms in total. The van der Waals surface area contributed by atoms with Crippen molar-refractivity contribution in [2.24, 2.45) is 4.99 Å². The fourth-order valence-corrected chi connectivity index (χ4v) is 3.58. The summed E-state index contributed by atoms with van der Waals surface area (Å²) in [6.07, 6.45) is 0.904. The van der Waals surface area contributed by atoms with E-state index < -0.39 is 0 Å². The molecule has 0 aliphatic rings. The topological polar surface area (TPSA) is 66.4 Å². The molecule has 0 atom stereocenters. The van der Waals surface area contributed by atoms with Gasteiger partial charge in [-0.2, -0.15) is 0 Å². The van der Waals surface area contributed by atoms with E-state index in [-0.39, 0.29) is 36.4 Å². The Hall–Kier alpha value is -2.01. The number of hydrogen-bond acceptors (Lipinski definition) is 5. The number of aryl methyl sites for hydroxylation is 1. The van der Waals surface area contributed by atoms with Gasteiger partial charge in [0, 0.05) is 39.1 Å². The van der Waals surface area contributed by atoms with E-state index in [0.29, 0.717) is 24.0 Å². The maximum atomic E-state index is 12.0. The van der Waals surface area contributed by atoms with Crippen LogP contribution >= 0.6 is 35.3 Å². The number of thiophene rings is 1. The molecular formula is C22H33IN4O3S. The maximum Gasteiger partial charge on any atom is 0.243 e. The summed E-state index contributed by atoms with van der Waals surface area (Å²) in [5.74, 6) is 2.05. The van der Waals surface area contributed by atoms with E-state index in [1.807, 2.05) is 31.0 Å². The molecule has 2 rings (SSSR count). The molecule has 0 aliphatic heterocycles. The Morgan fingerprint density at radius 1 is 1.16 bits per heavy atom. The molecule has 172 valence electrons. The van der Waals surface area contributed by atoms with Crippen molar-refractivity contribution in [2.75, 3.05) is 48.5 Å². The molecule has 1 aromatic heterocycles. The lowest BCUT2D eigenvalue weighted by atomic mass is 10.1. The Balaban J connectivity index is 0.00000480. The first-order valence-corrected chi connectivity index (χ1v) is 10.7. The standard InChI is InChI=1S/C22H32N4O3S.HI/c1-16-12-19(28-5)20(29-6)13-17(16)15-26(4)22(24-14-21(27)25(2)3)23-10-9-18-8-7-11-30-18;/h7-8,11-13H,9-10,14-15H2,1-6H3,(H,23,24);1H. The van der Waals surface area contributed by atoms with Crippen molar-refractivity contribution in [3.63, 3.8) is 0 Å². The number of carbonyl (C=O) groups excluding carboxylic acids is 1. The van der Waals surface area contributed by atoms with Crippen molar-refractivity contribution in [1.29, 1.82) is 0 Å². The van der Waals surface area contributed by atoms with E-state index in [9.17, 15) is 4.79 Å². The number of nitrogens with zero attached hydrogens (tertiary/aromatic N) is 3. The minimum atomic E-state index is -0.0387. The third-order valence-electron chi connectivity index (χ3n) is 4.71. The van der Waals surface area contributed by atoms with Crippen molar-refractivity contribution < 1.29 is 14.3 Å². The Kier molecular flexibility index (Phi) is 11.7. The molecule has 0 fully saturated rings. The van der Waals surface area contributed by atoms with Crippen molar-refractivity contribution in [1.82, 2.24) is 15.1 Å². The van der Waals surface area contributed by atoms with E-state index in [1.165, 1.54) is 4.88 Å². The van der Waals surface area contributed by atoms with Gasteiger partial charge in [-0.1, -0.05) is 6.07 Å². The first-order valence-electron chi connectivity index (χ1n) is 9.79. The molecule has 0 saturated heterocycles. The first-order chi connectivity index (χ1) is 14.3. The second kappa shape index (κ2) is 13.4. The van der Waals surface area contributed by atoms with Gasteiger partial charge in [-0.15, -0.1) is 35.3 Å². The number of aliphatic imine (C=N–C) groups is 1. The van der Waals surface area contributed by atoms with Gasteiger partial charge in [0.1, 0.15) is 6.54 Å². The average Bonchev–Trinajstić information content (AvgIpc) is 3.24. The summed E-state index contributed by atoms with van der Waals surface area (Å²) in [5.41, 5.74) is 2.20. The van der Waals surface area contributed by atoms with Crippen LogP contribution in [0, 0.1) is 6.92 Å². The predicted octanol–water partition coefficient (Wildman–Crippen LogP) is 3.40. The highest BCUT2D eigenvalue weighted by molar-refractivity contribution is 14.0. The van der Waals surface area contributed by atoms with Gasteiger partial charge in [-0.25, -0.2) is 4.99 Å². The molecule has 2 aromatic rings. The monoisotopic (exact) mass is 560 g/mol. The quantitative estimate of drug-likeness (QED) is 0.290. The Morgan fingerprint density at radius 2 is 1.84 bits per heavy atom. The number of hydrogen-bond donors (Lipinski definition) is 1. The Labute approximate surface area is 206 Å². The summed E-state index contributed by atoms with van der Waals surface area (Å²) in [6, 6.07) is 8.13. The zero-order valence-corrected chi connectivity index (χ0v) is 22.2. The second-order valence-electron chi connectivity index (χ2n) is 7.17. The SMILES string of the molecule is COc1cc(C)c(CN(C)C(=NCC(=O)N(C)C)NCCc2cccs2)cc1OC.I. The van der Waals surface area contributed by atoms with Crippen LogP contribution in [0.5, 0.6) is 11.5 Å². The zero-order chi connectivity index (χ0) is 22.1. The van der Waals surface area contributed by atoms with E-state index in [2.05, 4.69) is 27.8 Å². The molecular weight excluding hydrogens is 527 g/mol. The molecule has 1 amide bonds. The van der Waals surface area contributed by atoms with Gasteiger partial charge in [0.25, 0.3) is 0 Å². The van der Waals surface area contributed by atoms with E-state index in [0.717, 1.165) is 24.1 Å². The average molecular weight is 561 g/mol. The van der Waals surface area contributed by atoms with Crippen LogP contribution in [0.4, 0.5) is 0 Å². The maximum absolute atomic E-state index is 12.0. The van der Waals surface area contributed by atoms with Crippen molar-refractivity contribution in [2.45, 2.75) is 19.9 Å². The molecule has 31 heavy (non-hydrogen) atoms. The van der Waals surface area contributed by atoms with Gasteiger partial charge in [0.05, 0.1) is 14.2 Å². The molecule has 0 bridgehead atoms. The number of amides is 1. The number of likely N-dealkylation sites (N-methyl/N-ethyl adjacent to an activating group) is 1. The summed E-state index contributed by atoms with van der Waals surface area (Å²) in [4.78, 5) is 21.5. The lowest BCUT2D eigenvalue weighted by Gasteiger charge is -2.24. The van der Waals surface area contributed by atoms with Gasteiger partial charge in [-0.3, -0.25) is 4.79 Å². The van der Waals surface area contributed by atoms with Crippen molar-refractivity contribution >= 4 is 47.2 Å². The van der Waals surface area contributed by atoms with Gasteiger partial charge < -0.3 is 24.6 Å². The summed E-state index contributed by atoms with van der Waals surface area (Å²) in [5, 5.41) is 5.47. The number of halogens is 1. The molecule has 0 spiro atoms. The molecule has 0 radical (unpaired) electrons. The molecule has 0 aliphatic carbocycles. The zero-order valence-electron chi connectivity index (χ0n) is 19.1. The van der Waals surface area contributed by atoms with Crippen LogP contribution < -0.4 is 14.8 Å². The minimum absolute atomic E-state index is 0. The number of benzene rings is 1. The third-order valence-corrected chi connectivity index (χ3v) is 5.64. The Bertz CT molecular complexity index is 857. The largest absolute Gasteiger partial charge is 0.493 e. The number of methoxy groups -OCH3 is 2. The van der Waals surface area contributed by atoms with Gasteiger partial charge in [0.15, 0.2) is 17.5 Å². The second-order valence-corrected chi connectivity index (χ2v) is 8.21. The van der Waals surface area contributed by atoms with Crippen LogP contribution in [-0.2, 0) is 17.8 Å². The van der Waals surface area contributed by atoms with E-state index in [4.69, 9.17) is 9.47 Å². The van der Waals surface area contributed by atoms with Crippen LogP contribution in [0.3, 0.4) is 0 Å². The van der Waals surface area contributed by atoms with Crippen LogP contribution in [0.15, 0.2) is 34.6 Å². The van der Waals surface area contributed by atoms with Gasteiger partial charge >= 0.3 is 0 Å². The molecule has 1 heterocycles. The van der Waals surface area contributed by atoms with Crippen LogP contribution in [0.2, 0.25) is 0 Å². The smallest absolute Gasteiger partial charge is 0.243 e. The number of guanidine groups is 1. The fourth-order valence-electron chi connectivity index (χ4n) is 2.87. The number of nitrogens with one attached hydrogen (secondary N) is 1. The highest BCUT2D eigenvalue weighted by Gasteiger charge is 2.14. The molecule has 0 unspecified atom stereocenters. The van der Waals surface area contributed by atoms with Crippen LogP contribution in [-0.4, -0.2) is 70.1 Å². The lowest BCUT2D eigenvalue weighted by Crippen LogP contribution is -2.40. The van der Waals surface area contributed by atoms with Gasteiger partial charge in [0.2, 0.25) is 5.91 Å². The fraction of sp³-hybridized carbons (Fsp3) is 0.455. The molecule has 9 heteroatoms. The molecule has 0 saturated carbocycles.